The highest BCUT2D eigenvalue weighted by atomic mass is 19.1. The minimum absolute atomic E-state index is 0.109. The van der Waals surface area contributed by atoms with E-state index in [1.165, 1.54) is 31.8 Å². The van der Waals surface area contributed by atoms with Crippen molar-refractivity contribution in [3.63, 3.8) is 0 Å². The molecule has 0 aromatic rings. The van der Waals surface area contributed by atoms with E-state index in [9.17, 15) is 9.18 Å². The molecule has 0 unspecified atom stereocenters. The summed E-state index contributed by atoms with van der Waals surface area (Å²) in [5, 5.41) is 0. The highest BCUT2D eigenvalue weighted by molar-refractivity contribution is 5.66. The van der Waals surface area contributed by atoms with Gasteiger partial charge in [0.25, 0.3) is 0 Å². The zero-order chi connectivity index (χ0) is 16.2. The van der Waals surface area contributed by atoms with Gasteiger partial charge in [-0.3, -0.25) is 4.79 Å². The number of carbonyl (C=O) groups is 1. The maximum Gasteiger partial charge on any atom is 0.302 e. The highest BCUT2D eigenvalue weighted by Crippen LogP contribution is 2.62. The van der Waals surface area contributed by atoms with Crippen LogP contribution >= 0.6 is 0 Å². The Balaban J connectivity index is 1.57. The van der Waals surface area contributed by atoms with Crippen LogP contribution in [0, 0.1) is 29.1 Å². The van der Waals surface area contributed by atoms with Crippen LogP contribution in [-0.4, -0.2) is 18.2 Å². The second-order valence-electron chi connectivity index (χ2n) is 8.65. The van der Waals surface area contributed by atoms with Crippen molar-refractivity contribution in [3.8, 4) is 0 Å². The SMILES string of the molecule is CC(=O)O[C@H]1CC[C@H]2[C@@H]3CC=C4C[C@@H](F)CC[C@@H]4[C@H]3CC[C@]12C. The molecule has 0 aromatic heterocycles. The molecule has 0 radical (unpaired) electrons. The Kier molecular flexibility index (Phi) is 3.81. The summed E-state index contributed by atoms with van der Waals surface area (Å²) in [6.07, 6.45) is 10.1. The summed E-state index contributed by atoms with van der Waals surface area (Å²) < 4.78 is 19.4. The van der Waals surface area contributed by atoms with E-state index in [-0.39, 0.29) is 17.5 Å². The Bertz CT molecular complexity index is 528. The summed E-state index contributed by atoms with van der Waals surface area (Å²) in [5.41, 5.74) is 1.58. The van der Waals surface area contributed by atoms with Crippen molar-refractivity contribution in [1.82, 2.24) is 0 Å². The first kappa shape index (κ1) is 15.7. The van der Waals surface area contributed by atoms with Crippen LogP contribution in [0.4, 0.5) is 4.39 Å². The number of carbonyl (C=O) groups excluding carboxylic acids is 1. The van der Waals surface area contributed by atoms with Crippen molar-refractivity contribution in [2.24, 2.45) is 29.1 Å². The molecule has 3 heteroatoms. The van der Waals surface area contributed by atoms with Gasteiger partial charge in [0.05, 0.1) is 0 Å². The quantitative estimate of drug-likeness (QED) is 0.511. The smallest absolute Gasteiger partial charge is 0.302 e. The van der Waals surface area contributed by atoms with Crippen LogP contribution in [0.1, 0.15) is 65.2 Å². The lowest BCUT2D eigenvalue weighted by molar-refractivity contribution is -0.155. The fourth-order valence-electron chi connectivity index (χ4n) is 6.57. The fourth-order valence-corrected chi connectivity index (χ4v) is 6.57. The molecule has 4 rings (SSSR count). The molecule has 3 fully saturated rings. The largest absolute Gasteiger partial charge is 0.462 e. The Morgan fingerprint density at radius 3 is 2.83 bits per heavy atom. The molecule has 0 aromatic carbocycles. The Labute approximate surface area is 138 Å². The van der Waals surface area contributed by atoms with E-state index in [2.05, 4.69) is 13.0 Å². The number of hydrogen-bond donors (Lipinski definition) is 0. The normalized spacial score (nSPS) is 48.7. The van der Waals surface area contributed by atoms with Gasteiger partial charge < -0.3 is 4.74 Å². The second kappa shape index (κ2) is 5.60. The predicted molar refractivity (Wildman–Crippen MR) is 87.5 cm³/mol. The van der Waals surface area contributed by atoms with Crippen molar-refractivity contribution in [2.75, 3.05) is 0 Å². The number of fused-ring (bicyclic) bond motifs is 5. The minimum atomic E-state index is -0.609. The zero-order valence-corrected chi connectivity index (χ0v) is 14.4. The van der Waals surface area contributed by atoms with Gasteiger partial charge in [-0.15, -0.1) is 0 Å². The van der Waals surface area contributed by atoms with Crippen molar-refractivity contribution < 1.29 is 13.9 Å². The number of ether oxygens (including phenoxy) is 1. The van der Waals surface area contributed by atoms with Crippen LogP contribution in [0.25, 0.3) is 0 Å². The molecule has 0 spiro atoms. The first-order valence-corrected chi connectivity index (χ1v) is 9.49. The van der Waals surface area contributed by atoms with Gasteiger partial charge in [-0.05, 0) is 75.0 Å². The van der Waals surface area contributed by atoms with E-state index in [0.717, 1.165) is 37.5 Å². The molecule has 4 aliphatic carbocycles. The minimum Gasteiger partial charge on any atom is -0.462 e. The Morgan fingerprint density at radius 1 is 1.22 bits per heavy atom. The Morgan fingerprint density at radius 2 is 2.04 bits per heavy atom. The van der Waals surface area contributed by atoms with Crippen molar-refractivity contribution in [2.45, 2.75) is 77.5 Å². The second-order valence-corrected chi connectivity index (χ2v) is 8.65. The number of alkyl halides is 1. The van der Waals surface area contributed by atoms with E-state index in [0.29, 0.717) is 18.3 Å². The number of esters is 1. The Hall–Kier alpha value is -0.860. The van der Waals surface area contributed by atoms with Crippen molar-refractivity contribution in [1.29, 1.82) is 0 Å². The predicted octanol–water partition coefficient (Wildman–Crippen LogP) is 4.83. The lowest BCUT2D eigenvalue weighted by Crippen LogP contribution is -2.48. The van der Waals surface area contributed by atoms with Crippen LogP contribution in [-0.2, 0) is 9.53 Å². The number of hydrogen-bond acceptors (Lipinski definition) is 2. The van der Waals surface area contributed by atoms with Gasteiger partial charge in [0.1, 0.15) is 12.3 Å². The van der Waals surface area contributed by atoms with Crippen LogP contribution in [0.15, 0.2) is 11.6 Å². The number of halogens is 1. The van der Waals surface area contributed by atoms with Crippen LogP contribution in [0.2, 0.25) is 0 Å². The van der Waals surface area contributed by atoms with Gasteiger partial charge in [0.15, 0.2) is 0 Å². The average Bonchev–Trinajstić information content (AvgIpc) is 2.83. The molecular formula is C20H29FO2. The molecule has 4 aliphatic rings. The summed E-state index contributed by atoms with van der Waals surface area (Å²) >= 11 is 0. The van der Waals surface area contributed by atoms with E-state index in [1.54, 1.807) is 0 Å². The molecule has 0 N–H and O–H groups in total. The third-order valence-electron chi connectivity index (χ3n) is 7.61. The van der Waals surface area contributed by atoms with Crippen LogP contribution in [0.5, 0.6) is 0 Å². The standard InChI is InChI=1S/C20H29FO2/c1-12(22)23-19-8-7-18-17-5-3-13-11-14(21)4-6-15(13)16(17)9-10-20(18,19)2/h3,14-19H,4-11H2,1-2H3/t14-,15-,16+,17+,18-,19-,20-/m0/s1. The average molecular weight is 320 g/mol. The molecule has 0 aliphatic heterocycles. The zero-order valence-electron chi connectivity index (χ0n) is 14.4. The first-order valence-electron chi connectivity index (χ1n) is 9.49. The van der Waals surface area contributed by atoms with Crippen LogP contribution in [0.3, 0.4) is 0 Å². The lowest BCUT2D eigenvalue weighted by Gasteiger charge is -2.53. The third-order valence-corrected chi connectivity index (χ3v) is 7.61. The van der Waals surface area contributed by atoms with Gasteiger partial charge in [0, 0.05) is 12.3 Å². The van der Waals surface area contributed by atoms with E-state index in [4.69, 9.17) is 4.74 Å². The third kappa shape index (κ3) is 2.46. The lowest BCUT2D eigenvalue weighted by atomic mass is 9.53. The van der Waals surface area contributed by atoms with Crippen molar-refractivity contribution in [3.05, 3.63) is 11.6 Å². The summed E-state index contributed by atoms with van der Waals surface area (Å²) in [7, 11) is 0. The summed E-state index contributed by atoms with van der Waals surface area (Å²) in [4.78, 5) is 11.5. The molecule has 0 heterocycles. The fraction of sp³-hybridized carbons (Fsp3) is 0.850. The molecule has 7 atom stereocenters. The van der Waals surface area contributed by atoms with Gasteiger partial charge >= 0.3 is 5.97 Å². The topological polar surface area (TPSA) is 26.3 Å². The maximum atomic E-state index is 13.7. The molecular weight excluding hydrogens is 291 g/mol. The number of rotatable bonds is 1. The van der Waals surface area contributed by atoms with E-state index < -0.39 is 6.17 Å². The molecule has 0 amide bonds. The first-order chi connectivity index (χ1) is 11.0. The number of allylic oxidation sites excluding steroid dienone is 2. The van der Waals surface area contributed by atoms with Gasteiger partial charge in [-0.2, -0.15) is 0 Å². The monoisotopic (exact) mass is 320 g/mol. The summed E-state index contributed by atoms with van der Waals surface area (Å²) in [5.74, 6) is 2.64. The maximum absolute atomic E-state index is 13.7. The highest BCUT2D eigenvalue weighted by Gasteiger charge is 2.57. The molecule has 23 heavy (non-hydrogen) atoms. The molecule has 0 bridgehead atoms. The molecule has 2 nitrogen and oxygen atoms in total. The molecule has 128 valence electrons. The molecule has 3 saturated carbocycles. The van der Waals surface area contributed by atoms with Crippen LogP contribution < -0.4 is 0 Å². The van der Waals surface area contributed by atoms with E-state index in [1.807, 2.05) is 0 Å². The van der Waals surface area contributed by atoms with Gasteiger partial charge in [0.2, 0.25) is 0 Å². The van der Waals surface area contributed by atoms with E-state index >= 15 is 0 Å². The van der Waals surface area contributed by atoms with Crippen molar-refractivity contribution >= 4 is 5.97 Å². The summed E-state index contributed by atoms with van der Waals surface area (Å²) in [6, 6.07) is 0. The molecule has 0 saturated heterocycles. The summed E-state index contributed by atoms with van der Waals surface area (Å²) in [6.45, 7) is 3.89. The van der Waals surface area contributed by atoms with Gasteiger partial charge in [-0.25, -0.2) is 4.39 Å². The van der Waals surface area contributed by atoms with Gasteiger partial charge in [-0.1, -0.05) is 18.6 Å².